The fraction of sp³-hybridized carbons (Fsp3) is 0.385. The summed E-state index contributed by atoms with van der Waals surface area (Å²) in [6.45, 7) is 0.687. The fourth-order valence-corrected chi connectivity index (χ4v) is 2.08. The Balaban J connectivity index is 2.03. The largest absolute Gasteiger partial charge is 0.303 e. The maximum atomic E-state index is 5.23. The minimum Gasteiger partial charge on any atom is -0.303 e. The third kappa shape index (κ3) is 1.97. The molecule has 1 aromatic carbocycles. The van der Waals surface area contributed by atoms with Gasteiger partial charge in [0, 0.05) is 6.04 Å². The molecule has 0 spiro atoms. The van der Waals surface area contributed by atoms with Crippen LogP contribution in [0.5, 0.6) is 0 Å². The van der Waals surface area contributed by atoms with E-state index in [0.717, 1.165) is 6.42 Å². The van der Waals surface area contributed by atoms with Gasteiger partial charge in [-0.1, -0.05) is 30.2 Å². The molecule has 1 N–H and O–H groups in total. The van der Waals surface area contributed by atoms with E-state index in [9.17, 15) is 0 Å². The first-order valence-corrected chi connectivity index (χ1v) is 5.14. The average Bonchev–Trinajstić information content (AvgIpc) is 2.26. The Kier molecular flexibility index (Phi) is 2.86. The molecule has 1 nitrogen and oxygen atoms in total. The summed E-state index contributed by atoms with van der Waals surface area (Å²) in [7, 11) is 0. The molecule has 1 heteroatoms. The zero-order valence-electron chi connectivity index (χ0n) is 8.29. The molecule has 0 aromatic heterocycles. The van der Waals surface area contributed by atoms with Gasteiger partial charge in [0.1, 0.15) is 0 Å². The van der Waals surface area contributed by atoms with Gasteiger partial charge in [0.25, 0.3) is 0 Å². The monoisotopic (exact) mass is 185 g/mol. The van der Waals surface area contributed by atoms with Crippen LogP contribution in [0.2, 0.25) is 0 Å². The van der Waals surface area contributed by atoms with Gasteiger partial charge in [0.15, 0.2) is 0 Å². The van der Waals surface area contributed by atoms with Crippen molar-refractivity contribution < 1.29 is 0 Å². The third-order valence-electron chi connectivity index (χ3n) is 2.84. The normalized spacial score (nSPS) is 19.8. The number of nitrogens with one attached hydrogen (secondary N) is 1. The number of hydrogen-bond donors (Lipinski definition) is 1. The highest BCUT2D eigenvalue weighted by Crippen LogP contribution is 2.20. The van der Waals surface area contributed by atoms with Crippen LogP contribution in [-0.4, -0.2) is 12.6 Å². The highest BCUT2D eigenvalue weighted by Gasteiger charge is 2.16. The van der Waals surface area contributed by atoms with E-state index in [1.807, 2.05) is 0 Å². The molecule has 0 fully saturated rings. The highest BCUT2D eigenvalue weighted by molar-refractivity contribution is 5.30. The molecule has 0 unspecified atom stereocenters. The minimum absolute atomic E-state index is 0.570. The van der Waals surface area contributed by atoms with Crippen molar-refractivity contribution in [2.45, 2.75) is 25.3 Å². The number of fused-ring (bicyclic) bond motifs is 1. The van der Waals surface area contributed by atoms with Gasteiger partial charge in [-0.05, 0) is 30.4 Å². The van der Waals surface area contributed by atoms with E-state index < -0.39 is 0 Å². The molecular weight excluding hydrogens is 170 g/mol. The third-order valence-corrected chi connectivity index (χ3v) is 2.84. The molecule has 1 atom stereocenters. The lowest BCUT2D eigenvalue weighted by Gasteiger charge is -2.24. The standard InChI is InChI=1S/C13H15N/c1-2-9-14-13-8-7-11-5-3-4-6-12(11)10-13/h1,3-6,13-14H,7-10H2/t13-/m1/s1. The molecule has 1 aliphatic rings. The van der Waals surface area contributed by atoms with Crippen LogP contribution in [0.25, 0.3) is 0 Å². The van der Waals surface area contributed by atoms with E-state index in [4.69, 9.17) is 6.42 Å². The second kappa shape index (κ2) is 4.30. The van der Waals surface area contributed by atoms with Crippen LogP contribution in [0.15, 0.2) is 24.3 Å². The van der Waals surface area contributed by atoms with Gasteiger partial charge in [-0.3, -0.25) is 0 Å². The molecular formula is C13H15N. The SMILES string of the molecule is C#CCN[C@@H]1CCc2ccccc2C1. The van der Waals surface area contributed by atoms with E-state index in [1.54, 1.807) is 0 Å². The van der Waals surface area contributed by atoms with E-state index in [-0.39, 0.29) is 0 Å². The van der Waals surface area contributed by atoms with Crippen LogP contribution >= 0.6 is 0 Å². The Hall–Kier alpha value is -1.26. The topological polar surface area (TPSA) is 12.0 Å². The summed E-state index contributed by atoms with van der Waals surface area (Å²) in [6, 6.07) is 9.25. The number of benzene rings is 1. The average molecular weight is 185 g/mol. The number of aryl methyl sites for hydroxylation is 1. The van der Waals surface area contributed by atoms with Gasteiger partial charge in [0.05, 0.1) is 6.54 Å². The quantitative estimate of drug-likeness (QED) is 0.692. The second-order valence-electron chi connectivity index (χ2n) is 3.79. The maximum Gasteiger partial charge on any atom is 0.0576 e. The predicted octanol–water partition coefficient (Wildman–Crippen LogP) is 1.77. The van der Waals surface area contributed by atoms with Gasteiger partial charge in [0.2, 0.25) is 0 Å². The maximum absolute atomic E-state index is 5.23. The molecule has 0 bridgehead atoms. The molecule has 1 aliphatic carbocycles. The summed E-state index contributed by atoms with van der Waals surface area (Å²) >= 11 is 0. The Morgan fingerprint density at radius 2 is 2.14 bits per heavy atom. The molecule has 0 saturated heterocycles. The van der Waals surface area contributed by atoms with Gasteiger partial charge < -0.3 is 5.32 Å². The molecule has 0 radical (unpaired) electrons. The van der Waals surface area contributed by atoms with Crippen LogP contribution in [0.3, 0.4) is 0 Å². The smallest absolute Gasteiger partial charge is 0.0576 e. The number of rotatable bonds is 2. The zero-order chi connectivity index (χ0) is 9.80. The van der Waals surface area contributed by atoms with Crippen molar-refractivity contribution in [3.05, 3.63) is 35.4 Å². The van der Waals surface area contributed by atoms with Crippen molar-refractivity contribution in [1.82, 2.24) is 5.32 Å². The van der Waals surface area contributed by atoms with Crippen LogP contribution in [0.4, 0.5) is 0 Å². The molecule has 0 aliphatic heterocycles. The van der Waals surface area contributed by atoms with Crippen LogP contribution in [-0.2, 0) is 12.8 Å². The van der Waals surface area contributed by atoms with Gasteiger partial charge in [-0.25, -0.2) is 0 Å². The molecule has 0 heterocycles. The fourth-order valence-electron chi connectivity index (χ4n) is 2.08. The molecule has 0 amide bonds. The summed E-state index contributed by atoms with van der Waals surface area (Å²) in [5.41, 5.74) is 2.99. The molecule has 14 heavy (non-hydrogen) atoms. The highest BCUT2D eigenvalue weighted by atomic mass is 14.9. The number of terminal acetylenes is 1. The lowest BCUT2D eigenvalue weighted by molar-refractivity contribution is 0.482. The van der Waals surface area contributed by atoms with Crippen LogP contribution in [0, 0.1) is 12.3 Å². The van der Waals surface area contributed by atoms with E-state index >= 15 is 0 Å². The van der Waals surface area contributed by atoms with Crippen molar-refractivity contribution in [2.24, 2.45) is 0 Å². The van der Waals surface area contributed by atoms with Crippen molar-refractivity contribution in [3.8, 4) is 12.3 Å². The lowest BCUT2D eigenvalue weighted by atomic mass is 9.88. The van der Waals surface area contributed by atoms with Gasteiger partial charge >= 0.3 is 0 Å². The summed E-state index contributed by atoms with van der Waals surface area (Å²) in [5, 5.41) is 3.38. The summed E-state index contributed by atoms with van der Waals surface area (Å²) < 4.78 is 0. The van der Waals surface area contributed by atoms with Gasteiger partial charge in [-0.2, -0.15) is 0 Å². The molecule has 0 saturated carbocycles. The Labute approximate surface area is 85.5 Å². The lowest BCUT2D eigenvalue weighted by Crippen LogP contribution is -2.34. The second-order valence-corrected chi connectivity index (χ2v) is 3.79. The molecule has 2 rings (SSSR count). The van der Waals surface area contributed by atoms with Crippen molar-refractivity contribution in [3.63, 3.8) is 0 Å². The first-order valence-electron chi connectivity index (χ1n) is 5.14. The van der Waals surface area contributed by atoms with E-state index in [0.29, 0.717) is 12.6 Å². The minimum atomic E-state index is 0.570. The zero-order valence-corrected chi connectivity index (χ0v) is 8.29. The van der Waals surface area contributed by atoms with Crippen LogP contribution < -0.4 is 5.32 Å². The first kappa shape index (κ1) is 9.30. The van der Waals surface area contributed by atoms with E-state index in [2.05, 4.69) is 35.5 Å². The predicted molar refractivity (Wildman–Crippen MR) is 59.1 cm³/mol. The molecule has 72 valence electrons. The van der Waals surface area contributed by atoms with Crippen LogP contribution in [0.1, 0.15) is 17.5 Å². The number of hydrogen-bond acceptors (Lipinski definition) is 1. The molecule has 1 aromatic rings. The summed E-state index contributed by atoms with van der Waals surface area (Å²) in [4.78, 5) is 0. The summed E-state index contributed by atoms with van der Waals surface area (Å²) in [6.07, 6.45) is 8.74. The first-order chi connectivity index (χ1) is 6.90. The van der Waals surface area contributed by atoms with Crippen molar-refractivity contribution in [2.75, 3.05) is 6.54 Å². The van der Waals surface area contributed by atoms with E-state index in [1.165, 1.54) is 24.0 Å². The van der Waals surface area contributed by atoms with Crippen molar-refractivity contribution in [1.29, 1.82) is 0 Å². The summed E-state index contributed by atoms with van der Waals surface area (Å²) in [5.74, 6) is 2.63. The Morgan fingerprint density at radius 1 is 1.36 bits per heavy atom. The van der Waals surface area contributed by atoms with Gasteiger partial charge in [-0.15, -0.1) is 6.42 Å². The Morgan fingerprint density at radius 3 is 2.93 bits per heavy atom. The Bertz CT molecular complexity index is 348. The van der Waals surface area contributed by atoms with Crippen molar-refractivity contribution >= 4 is 0 Å².